The number of anilines is 1. The number of rotatable bonds is 9. The highest BCUT2D eigenvalue weighted by atomic mass is 32.2. The topological polar surface area (TPSA) is 92.8 Å². The normalized spacial score (nSPS) is 15.6. The summed E-state index contributed by atoms with van der Waals surface area (Å²) >= 11 is 2.84. The number of thiophene rings is 1. The SMILES string of the molecule is C=CCn1c(SCC(=O)Nc2sc3c(c2C#N)CCC(C)C3)nnc1C(C)Oc1cccc(C)c1C. The number of thioether (sulfide) groups is 1. The molecule has 0 aliphatic heterocycles. The summed E-state index contributed by atoms with van der Waals surface area (Å²) in [5.41, 5.74) is 3.98. The van der Waals surface area contributed by atoms with Crippen molar-refractivity contribution < 1.29 is 9.53 Å². The highest BCUT2D eigenvalue weighted by molar-refractivity contribution is 7.99. The summed E-state index contributed by atoms with van der Waals surface area (Å²) < 4.78 is 8.14. The van der Waals surface area contributed by atoms with Crippen LogP contribution in [0.25, 0.3) is 0 Å². The fourth-order valence-electron chi connectivity index (χ4n) is 4.35. The maximum Gasteiger partial charge on any atom is 0.235 e. The van der Waals surface area contributed by atoms with Gasteiger partial charge < -0.3 is 10.1 Å². The van der Waals surface area contributed by atoms with Crippen LogP contribution in [0.1, 0.15) is 59.3 Å². The molecule has 1 aliphatic rings. The Bertz CT molecular complexity index is 1320. The van der Waals surface area contributed by atoms with Gasteiger partial charge in [-0.1, -0.05) is 36.9 Å². The third-order valence-electron chi connectivity index (χ3n) is 6.49. The van der Waals surface area contributed by atoms with Crippen molar-refractivity contribution in [2.75, 3.05) is 11.1 Å². The van der Waals surface area contributed by atoms with Crippen LogP contribution < -0.4 is 10.1 Å². The van der Waals surface area contributed by atoms with Crippen LogP contribution in [0.4, 0.5) is 5.00 Å². The van der Waals surface area contributed by atoms with Crippen molar-refractivity contribution in [3.05, 3.63) is 63.8 Å². The maximum atomic E-state index is 12.8. The van der Waals surface area contributed by atoms with Crippen LogP contribution in [-0.4, -0.2) is 26.4 Å². The van der Waals surface area contributed by atoms with Crippen LogP contribution in [0.3, 0.4) is 0 Å². The van der Waals surface area contributed by atoms with Crippen molar-refractivity contribution in [2.45, 2.75) is 64.8 Å². The fourth-order valence-corrected chi connectivity index (χ4v) is 6.49. The number of carbonyl (C=O) groups is 1. The molecule has 2 unspecified atom stereocenters. The Morgan fingerprint density at radius 1 is 1.44 bits per heavy atom. The van der Waals surface area contributed by atoms with Crippen LogP contribution in [0, 0.1) is 31.1 Å². The largest absolute Gasteiger partial charge is 0.482 e. The molecule has 36 heavy (non-hydrogen) atoms. The van der Waals surface area contributed by atoms with Gasteiger partial charge in [0.25, 0.3) is 0 Å². The number of aryl methyl sites for hydroxylation is 1. The first-order valence-corrected chi connectivity index (χ1v) is 13.9. The monoisotopic (exact) mass is 521 g/mol. The summed E-state index contributed by atoms with van der Waals surface area (Å²) in [7, 11) is 0. The Hall–Kier alpha value is -3.09. The molecule has 1 aromatic carbocycles. The van der Waals surface area contributed by atoms with Gasteiger partial charge in [0.05, 0.1) is 11.3 Å². The Balaban J connectivity index is 1.45. The summed E-state index contributed by atoms with van der Waals surface area (Å²) in [6.07, 6.45) is 4.39. The average Bonchev–Trinajstić information content (AvgIpc) is 3.40. The summed E-state index contributed by atoms with van der Waals surface area (Å²) in [4.78, 5) is 14.0. The molecule has 9 heteroatoms. The zero-order chi connectivity index (χ0) is 25.8. The standard InChI is InChI=1S/C27H31N5O2S2/c1-6-12-32-25(19(5)34-22-9-7-8-17(3)18(22)4)30-31-27(32)35-15-24(33)29-26-21(14-28)20-11-10-16(2)13-23(20)36-26/h6-9,16,19H,1,10-13,15H2,2-5H3,(H,29,33). The number of hydrogen-bond donors (Lipinski definition) is 1. The molecule has 1 amide bonds. The minimum absolute atomic E-state index is 0.158. The Kier molecular flexibility index (Phi) is 8.17. The van der Waals surface area contributed by atoms with Gasteiger partial charge in [0.2, 0.25) is 5.91 Å². The van der Waals surface area contributed by atoms with Crippen molar-refractivity contribution in [3.63, 3.8) is 0 Å². The molecule has 3 aromatic rings. The number of benzene rings is 1. The Labute approximate surface area is 220 Å². The number of nitriles is 1. The van der Waals surface area contributed by atoms with Gasteiger partial charge in [-0.15, -0.1) is 28.1 Å². The molecular weight excluding hydrogens is 490 g/mol. The van der Waals surface area contributed by atoms with Crippen molar-refractivity contribution in [1.82, 2.24) is 14.8 Å². The van der Waals surface area contributed by atoms with Crippen molar-refractivity contribution in [3.8, 4) is 11.8 Å². The van der Waals surface area contributed by atoms with Crippen LogP contribution in [0.5, 0.6) is 5.75 Å². The number of nitrogens with one attached hydrogen (secondary N) is 1. The molecule has 7 nitrogen and oxygen atoms in total. The molecule has 1 N–H and O–H groups in total. The molecule has 1 aliphatic carbocycles. The molecule has 0 saturated carbocycles. The second kappa shape index (κ2) is 11.3. The molecule has 2 atom stereocenters. The van der Waals surface area contributed by atoms with Gasteiger partial charge in [-0.3, -0.25) is 9.36 Å². The van der Waals surface area contributed by atoms with Gasteiger partial charge in [-0.25, -0.2) is 0 Å². The zero-order valence-corrected chi connectivity index (χ0v) is 22.8. The average molecular weight is 522 g/mol. The van der Waals surface area contributed by atoms with Crippen molar-refractivity contribution >= 4 is 34.0 Å². The fraction of sp³-hybridized carbons (Fsp3) is 0.407. The van der Waals surface area contributed by atoms with E-state index >= 15 is 0 Å². The van der Waals surface area contributed by atoms with E-state index in [2.05, 4.69) is 48.1 Å². The van der Waals surface area contributed by atoms with Gasteiger partial charge in [0.1, 0.15) is 16.8 Å². The van der Waals surface area contributed by atoms with Crippen molar-refractivity contribution in [1.29, 1.82) is 5.26 Å². The first kappa shape index (κ1) is 26.0. The second-order valence-corrected chi connectivity index (χ2v) is 11.3. The summed E-state index contributed by atoms with van der Waals surface area (Å²) in [6, 6.07) is 8.28. The van der Waals surface area contributed by atoms with E-state index in [-0.39, 0.29) is 17.8 Å². The highest BCUT2D eigenvalue weighted by Crippen LogP contribution is 2.39. The molecule has 188 valence electrons. The summed E-state index contributed by atoms with van der Waals surface area (Å²) in [5, 5.41) is 22.6. The third-order valence-corrected chi connectivity index (χ3v) is 8.62. The quantitative estimate of drug-likeness (QED) is 0.274. The van der Waals surface area contributed by atoms with E-state index in [0.29, 0.717) is 34.0 Å². The Morgan fingerprint density at radius 3 is 3.00 bits per heavy atom. The molecule has 0 radical (unpaired) electrons. The van der Waals surface area contributed by atoms with Gasteiger partial charge in [-0.05, 0) is 68.7 Å². The van der Waals surface area contributed by atoms with Crippen LogP contribution in [-0.2, 0) is 24.2 Å². The smallest absolute Gasteiger partial charge is 0.235 e. The zero-order valence-electron chi connectivity index (χ0n) is 21.1. The van der Waals surface area contributed by atoms with E-state index in [9.17, 15) is 10.1 Å². The number of nitrogens with zero attached hydrogens (tertiary/aromatic N) is 4. The first-order chi connectivity index (χ1) is 17.3. The maximum absolute atomic E-state index is 12.8. The number of allylic oxidation sites excluding steroid dienone is 1. The number of aromatic nitrogens is 3. The van der Waals surface area contributed by atoms with Crippen LogP contribution >= 0.6 is 23.1 Å². The minimum atomic E-state index is -0.334. The highest BCUT2D eigenvalue weighted by Gasteiger charge is 2.25. The van der Waals surface area contributed by atoms with E-state index in [1.807, 2.05) is 30.5 Å². The summed E-state index contributed by atoms with van der Waals surface area (Å²) in [6.45, 7) is 12.6. The first-order valence-electron chi connectivity index (χ1n) is 12.1. The minimum Gasteiger partial charge on any atom is -0.482 e. The van der Waals surface area contributed by atoms with Gasteiger partial charge in [0.15, 0.2) is 17.1 Å². The Morgan fingerprint density at radius 2 is 2.25 bits per heavy atom. The summed E-state index contributed by atoms with van der Waals surface area (Å²) in [5.74, 6) is 2.08. The predicted molar refractivity (Wildman–Crippen MR) is 145 cm³/mol. The molecule has 0 spiro atoms. The van der Waals surface area contributed by atoms with Crippen molar-refractivity contribution in [2.24, 2.45) is 5.92 Å². The van der Waals surface area contributed by atoms with E-state index in [1.54, 1.807) is 6.08 Å². The van der Waals surface area contributed by atoms with E-state index < -0.39 is 0 Å². The van der Waals surface area contributed by atoms with E-state index in [0.717, 1.165) is 41.7 Å². The molecule has 2 aromatic heterocycles. The molecular formula is C27H31N5O2S2. The lowest BCUT2D eigenvalue weighted by Gasteiger charge is -2.18. The molecule has 4 rings (SSSR count). The van der Waals surface area contributed by atoms with Gasteiger partial charge in [-0.2, -0.15) is 5.26 Å². The number of ether oxygens (including phenoxy) is 1. The van der Waals surface area contributed by atoms with E-state index in [4.69, 9.17) is 4.74 Å². The number of hydrogen-bond acceptors (Lipinski definition) is 7. The molecule has 0 bridgehead atoms. The van der Waals surface area contributed by atoms with Crippen LogP contribution in [0.2, 0.25) is 0 Å². The molecule has 0 saturated heterocycles. The predicted octanol–water partition coefficient (Wildman–Crippen LogP) is 6.01. The number of carbonyl (C=O) groups excluding carboxylic acids is 1. The lowest BCUT2D eigenvalue weighted by Crippen LogP contribution is -2.15. The van der Waals surface area contributed by atoms with Gasteiger partial charge in [0, 0.05) is 11.4 Å². The molecule has 0 fully saturated rings. The van der Waals surface area contributed by atoms with Crippen LogP contribution in [0.15, 0.2) is 36.0 Å². The second-order valence-electron chi connectivity index (χ2n) is 9.20. The lowest BCUT2D eigenvalue weighted by molar-refractivity contribution is -0.113. The third kappa shape index (κ3) is 5.50. The number of amides is 1. The number of fused-ring (bicyclic) bond motifs is 1. The lowest BCUT2D eigenvalue weighted by atomic mass is 9.89. The van der Waals surface area contributed by atoms with Gasteiger partial charge >= 0.3 is 0 Å². The van der Waals surface area contributed by atoms with E-state index in [1.165, 1.54) is 28.0 Å². The molecule has 2 heterocycles.